The maximum absolute atomic E-state index is 13.3. The standard InChI is InChI=1S/C28H24BrF3N4O6/c1-3-12-41-20-8-6-19(7-9-20)34-26(38)27(39)36-33-15-17-4-11-23(24(13-17)40-2)42-16-25(37)35-22-10-5-18(29)14-21(22)28(30,31)32/h3-11,13-15H,1,12,16H2,2H3,(H,34,38)(H,35,37)(H,36,39)/b33-15-. The molecule has 0 atom stereocenters. The van der Waals surface area contributed by atoms with Gasteiger partial charge in [-0.1, -0.05) is 28.6 Å². The molecule has 220 valence electrons. The molecular formula is C28H24BrF3N4O6. The summed E-state index contributed by atoms with van der Waals surface area (Å²) in [6, 6.07) is 14.1. The van der Waals surface area contributed by atoms with Gasteiger partial charge in [-0.2, -0.15) is 18.3 Å². The summed E-state index contributed by atoms with van der Waals surface area (Å²) in [7, 11) is 1.34. The molecule has 10 nitrogen and oxygen atoms in total. The smallest absolute Gasteiger partial charge is 0.418 e. The molecule has 0 aromatic heterocycles. The fourth-order valence-corrected chi connectivity index (χ4v) is 3.63. The van der Waals surface area contributed by atoms with Crippen molar-refractivity contribution >= 4 is 51.2 Å². The Labute approximate surface area is 246 Å². The van der Waals surface area contributed by atoms with Gasteiger partial charge in [-0.15, -0.1) is 0 Å². The van der Waals surface area contributed by atoms with Crippen LogP contribution in [0.15, 0.2) is 82.9 Å². The second-order valence-electron chi connectivity index (χ2n) is 8.21. The largest absolute Gasteiger partial charge is 0.493 e. The van der Waals surface area contributed by atoms with Crippen molar-refractivity contribution in [2.45, 2.75) is 6.18 Å². The van der Waals surface area contributed by atoms with E-state index in [4.69, 9.17) is 14.2 Å². The van der Waals surface area contributed by atoms with Crippen molar-refractivity contribution in [2.75, 3.05) is 31.0 Å². The summed E-state index contributed by atoms with van der Waals surface area (Å²) in [5.41, 5.74) is 1.47. The number of hydrogen-bond donors (Lipinski definition) is 3. The van der Waals surface area contributed by atoms with Crippen LogP contribution in [0.1, 0.15) is 11.1 Å². The number of carbonyl (C=O) groups is 3. The molecule has 3 rings (SSSR count). The van der Waals surface area contributed by atoms with Crippen molar-refractivity contribution in [3.63, 3.8) is 0 Å². The first kappa shape index (κ1) is 31.7. The van der Waals surface area contributed by atoms with Gasteiger partial charge in [0, 0.05) is 10.2 Å². The average molecular weight is 649 g/mol. The number of rotatable bonds is 11. The molecule has 3 aromatic carbocycles. The number of amides is 3. The maximum atomic E-state index is 13.3. The number of methoxy groups -OCH3 is 1. The van der Waals surface area contributed by atoms with Crippen LogP contribution in [0.25, 0.3) is 0 Å². The Bertz CT molecular complexity index is 1480. The minimum Gasteiger partial charge on any atom is -0.493 e. The second kappa shape index (κ2) is 14.7. The predicted octanol–water partition coefficient (Wildman–Crippen LogP) is 5.15. The molecule has 0 aliphatic carbocycles. The number of benzene rings is 3. The number of nitrogens with one attached hydrogen (secondary N) is 3. The van der Waals surface area contributed by atoms with E-state index in [1.165, 1.54) is 37.6 Å². The van der Waals surface area contributed by atoms with Crippen LogP contribution >= 0.6 is 15.9 Å². The first-order chi connectivity index (χ1) is 20.0. The van der Waals surface area contributed by atoms with E-state index < -0.39 is 41.8 Å². The first-order valence-corrected chi connectivity index (χ1v) is 12.7. The molecule has 42 heavy (non-hydrogen) atoms. The van der Waals surface area contributed by atoms with Gasteiger partial charge in [-0.3, -0.25) is 14.4 Å². The highest BCUT2D eigenvalue weighted by molar-refractivity contribution is 9.10. The lowest BCUT2D eigenvalue weighted by Crippen LogP contribution is -2.32. The van der Waals surface area contributed by atoms with Crippen LogP contribution in [0, 0.1) is 0 Å². The van der Waals surface area contributed by atoms with E-state index in [9.17, 15) is 27.6 Å². The van der Waals surface area contributed by atoms with Gasteiger partial charge in [0.05, 0.1) is 24.6 Å². The van der Waals surface area contributed by atoms with Crippen LogP contribution in [0.3, 0.4) is 0 Å². The summed E-state index contributed by atoms with van der Waals surface area (Å²) in [5, 5.41) is 8.35. The molecule has 3 N–H and O–H groups in total. The van der Waals surface area contributed by atoms with Crippen molar-refractivity contribution < 1.29 is 41.8 Å². The van der Waals surface area contributed by atoms with Gasteiger partial charge in [0.15, 0.2) is 18.1 Å². The second-order valence-corrected chi connectivity index (χ2v) is 9.13. The van der Waals surface area contributed by atoms with Crippen LogP contribution in [0.5, 0.6) is 17.2 Å². The van der Waals surface area contributed by atoms with Crippen molar-refractivity contribution in [2.24, 2.45) is 5.10 Å². The minimum absolute atomic E-state index is 0.126. The molecular weight excluding hydrogens is 625 g/mol. The Morgan fingerprint density at radius 1 is 0.952 bits per heavy atom. The lowest BCUT2D eigenvalue weighted by Gasteiger charge is -2.15. The summed E-state index contributed by atoms with van der Waals surface area (Å²) in [6.45, 7) is 3.27. The fraction of sp³-hybridized carbons (Fsp3) is 0.143. The number of carbonyl (C=O) groups excluding carboxylic acids is 3. The van der Waals surface area contributed by atoms with Crippen molar-refractivity contribution in [1.29, 1.82) is 0 Å². The monoisotopic (exact) mass is 648 g/mol. The number of halogens is 4. The normalized spacial score (nSPS) is 11.0. The molecule has 0 saturated carbocycles. The van der Waals surface area contributed by atoms with Gasteiger partial charge in [0.2, 0.25) is 0 Å². The highest BCUT2D eigenvalue weighted by atomic mass is 79.9. The fourth-order valence-electron chi connectivity index (χ4n) is 3.27. The predicted molar refractivity (Wildman–Crippen MR) is 153 cm³/mol. The van der Waals surface area contributed by atoms with E-state index in [-0.39, 0.29) is 16.0 Å². The SMILES string of the molecule is C=CCOc1ccc(NC(=O)C(=O)N/N=C\c2ccc(OCC(=O)Nc3ccc(Br)cc3C(F)(F)F)c(OC)c2)cc1. The lowest BCUT2D eigenvalue weighted by molar-refractivity contribution is -0.137. The molecule has 3 amide bonds. The van der Waals surface area contributed by atoms with E-state index in [0.29, 0.717) is 23.6 Å². The summed E-state index contributed by atoms with van der Waals surface area (Å²) < 4.78 is 56.1. The Kier molecular flexibility index (Phi) is 11.1. The molecule has 0 aliphatic rings. The molecule has 0 bridgehead atoms. The summed E-state index contributed by atoms with van der Waals surface area (Å²) in [5.74, 6) is -1.92. The molecule has 0 unspecified atom stereocenters. The number of hydrogen-bond acceptors (Lipinski definition) is 7. The van der Waals surface area contributed by atoms with Gasteiger partial charge < -0.3 is 24.8 Å². The third-order valence-corrected chi connectivity index (χ3v) is 5.67. The lowest BCUT2D eigenvalue weighted by atomic mass is 10.1. The van der Waals surface area contributed by atoms with Gasteiger partial charge in [-0.25, -0.2) is 5.43 Å². The number of nitrogens with zero attached hydrogens (tertiary/aromatic N) is 1. The van der Waals surface area contributed by atoms with Crippen LogP contribution in [-0.4, -0.2) is 44.3 Å². The topological polar surface area (TPSA) is 127 Å². The Morgan fingerprint density at radius 3 is 2.36 bits per heavy atom. The zero-order valence-corrected chi connectivity index (χ0v) is 23.5. The number of anilines is 2. The van der Waals surface area contributed by atoms with Crippen molar-refractivity contribution in [3.05, 3.63) is 88.9 Å². The van der Waals surface area contributed by atoms with E-state index in [2.05, 4.69) is 43.7 Å². The number of ether oxygens (including phenoxy) is 3. The van der Waals surface area contributed by atoms with Gasteiger partial charge in [0.25, 0.3) is 5.91 Å². The Balaban J connectivity index is 1.53. The third-order valence-electron chi connectivity index (χ3n) is 5.17. The molecule has 14 heteroatoms. The zero-order chi connectivity index (χ0) is 30.7. The summed E-state index contributed by atoms with van der Waals surface area (Å²) in [4.78, 5) is 36.5. The highest BCUT2D eigenvalue weighted by Gasteiger charge is 2.34. The molecule has 0 aliphatic heterocycles. The van der Waals surface area contributed by atoms with Crippen LogP contribution in [-0.2, 0) is 20.6 Å². The van der Waals surface area contributed by atoms with E-state index in [1.54, 1.807) is 30.3 Å². The minimum atomic E-state index is -4.68. The molecule has 0 radical (unpaired) electrons. The van der Waals surface area contributed by atoms with Crippen LogP contribution < -0.4 is 30.3 Å². The molecule has 3 aromatic rings. The van der Waals surface area contributed by atoms with E-state index in [1.807, 2.05) is 0 Å². The number of hydrazone groups is 1. The molecule has 0 fully saturated rings. The quantitative estimate of drug-likeness (QED) is 0.114. The van der Waals surface area contributed by atoms with Crippen molar-refractivity contribution in [1.82, 2.24) is 5.43 Å². The van der Waals surface area contributed by atoms with Crippen molar-refractivity contribution in [3.8, 4) is 17.2 Å². The zero-order valence-electron chi connectivity index (χ0n) is 22.0. The highest BCUT2D eigenvalue weighted by Crippen LogP contribution is 2.36. The number of alkyl halides is 3. The molecule has 0 spiro atoms. The van der Waals surface area contributed by atoms with Crippen LogP contribution in [0.2, 0.25) is 0 Å². The first-order valence-electron chi connectivity index (χ1n) is 12.0. The molecule has 0 heterocycles. The van der Waals surface area contributed by atoms with E-state index >= 15 is 0 Å². The Morgan fingerprint density at radius 2 is 1.69 bits per heavy atom. The van der Waals surface area contributed by atoms with E-state index in [0.717, 1.165) is 12.1 Å². The summed E-state index contributed by atoms with van der Waals surface area (Å²) in [6.07, 6.45) is -1.85. The third kappa shape index (κ3) is 9.37. The van der Waals surface area contributed by atoms with Crippen LogP contribution in [0.4, 0.5) is 24.5 Å². The van der Waals surface area contributed by atoms with Gasteiger partial charge in [0.1, 0.15) is 12.4 Å². The Hall–Kier alpha value is -4.85. The molecule has 0 saturated heterocycles. The average Bonchev–Trinajstić information content (AvgIpc) is 2.96. The van der Waals surface area contributed by atoms with Gasteiger partial charge in [-0.05, 0) is 66.2 Å². The van der Waals surface area contributed by atoms with Gasteiger partial charge >= 0.3 is 18.0 Å². The maximum Gasteiger partial charge on any atom is 0.418 e. The summed E-state index contributed by atoms with van der Waals surface area (Å²) >= 11 is 2.98.